The van der Waals surface area contributed by atoms with E-state index < -0.39 is 43.1 Å². The van der Waals surface area contributed by atoms with Crippen molar-refractivity contribution >= 4 is 11.8 Å². The van der Waals surface area contributed by atoms with E-state index in [9.17, 15) is 9.59 Å². The first kappa shape index (κ1) is 13.0. The molecule has 3 atom stereocenters. The van der Waals surface area contributed by atoms with Gasteiger partial charge in [0.15, 0.2) is 0 Å². The Bertz CT molecular complexity index is 214. The van der Waals surface area contributed by atoms with Crippen molar-refractivity contribution in [1.29, 1.82) is 0 Å². The summed E-state index contributed by atoms with van der Waals surface area (Å²) < 4.78 is 0. The van der Waals surface area contributed by atoms with Crippen molar-refractivity contribution in [2.75, 3.05) is 6.61 Å². The topological polar surface area (TPSA) is 135 Å². The number of carboxylic acid groups (broad SMARTS) is 1. The monoisotopic (exact) mass is 208 g/mol. The molecule has 7 heteroatoms. The second kappa shape index (κ2) is 5.66. The lowest BCUT2D eigenvalue weighted by Crippen LogP contribution is -2.41. The molecule has 82 valence electrons. The maximum Gasteiger partial charge on any atom is 0.372 e. The molecule has 0 saturated heterocycles. The summed E-state index contributed by atoms with van der Waals surface area (Å²) in [4.78, 5) is 20.6. The quantitative estimate of drug-likeness (QED) is 0.295. The zero-order chi connectivity index (χ0) is 11.3. The molecular weight excluding hydrogens is 196 g/mol. The molecule has 0 radical (unpaired) electrons. The van der Waals surface area contributed by atoms with Gasteiger partial charge in [-0.25, -0.2) is 4.79 Å². The van der Waals surface area contributed by atoms with E-state index in [4.69, 9.17) is 25.5 Å². The summed E-state index contributed by atoms with van der Waals surface area (Å²) in [5.74, 6) is -3.00. The number of hydrogen-bond donors (Lipinski definition) is 5. The first-order valence-electron chi connectivity index (χ1n) is 3.81. The second-order valence-corrected chi connectivity index (χ2v) is 2.74. The Kier molecular flexibility index (Phi) is 5.24. The molecule has 0 heterocycles. The predicted octanol–water partition coefficient (Wildman–Crippen LogP) is -2.89. The number of carbonyl (C=O) groups excluding carboxylic acids is 1. The summed E-state index contributed by atoms with van der Waals surface area (Å²) in [5.41, 5.74) is 0. The largest absolute Gasteiger partial charge is 0.475 e. The van der Waals surface area contributed by atoms with E-state index in [0.29, 0.717) is 0 Å². The van der Waals surface area contributed by atoms with Crippen LogP contribution in [0.2, 0.25) is 0 Å². The van der Waals surface area contributed by atoms with Crippen LogP contribution in [-0.4, -0.2) is 62.2 Å². The molecule has 0 aliphatic rings. The lowest BCUT2D eigenvalue weighted by molar-refractivity contribution is -0.151. The summed E-state index contributed by atoms with van der Waals surface area (Å²) in [6.07, 6.45) is -5.87. The molecule has 0 aromatic carbocycles. The lowest BCUT2D eigenvalue weighted by Gasteiger charge is -2.20. The normalized spacial score (nSPS) is 17.1. The summed E-state index contributed by atoms with van der Waals surface area (Å²) in [6.45, 7) is -0.792. The predicted molar refractivity (Wildman–Crippen MR) is 42.4 cm³/mol. The smallest absolute Gasteiger partial charge is 0.372 e. The third kappa shape index (κ3) is 3.79. The Morgan fingerprint density at radius 3 is 1.93 bits per heavy atom. The van der Waals surface area contributed by atoms with E-state index in [0.717, 1.165) is 0 Å². The van der Waals surface area contributed by atoms with Crippen molar-refractivity contribution in [2.45, 2.75) is 24.7 Å². The zero-order valence-corrected chi connectivity index (χ0v) is 7.20. The number of aliphatic hydroxyl groups is 4. The van der Waals surface area contributed by atoms with Crippen LogP contribution in [0.4, 0.5) is 0 Å². The minimum atomic E-state index is -1.75. The Morgan fingerprint density at radius 2 is 1.57 bits per heavy atom. The number of aliphatic carboxylic acids is 1. The van der Waals surface area contributed by atoms with Gasteiger partial charge in [-0.3, -0.25) is 4.79 Å². The molecular formula is C7H12O7. The highest BCUT2D eigenvalue weighted by molar-refractivity contribution is 6.32. The maximum absolute atomic E-state index is 10.6. The third-order valence-electron chi connectivity index (χ3n) is 1.61. The fraction of sp³-hybridized carbons (Fsp3) is 0.714. The van der Waals surface area contributed by atoms with Crippen LogP contribution >= 0.6 is 0 Å². The van der Waals surface area contributed by atoms with Crippen LogP contribution in [0.3, 0.4) is 0 Å². The maximum atomic E-state index is 10.6. The molecule has 0 saturated carbocycles. The molecule has 0 aromatic heterocycles. The highest BCUT2D eigenvalue weighted by Gasteiger charge is 2.27. The van der Waals surface area contributed by atoms with E-state index >= 15 is 0 Å². The fourth-order valence-corrected chi connectivity index (χ4v) is 0.762. The van der Waals surface area contributed by atoms with Crippen LogP contribution in [0, 0.1) is 0 Å². The van der Waals surface area contributed by atoms with Crippen LogP contribution in [0.15, 0.2) is 0 Å². The Hall–Kier alpha value is -1.02. The highest BCUT2D eigenvalue weighted by Crippen LogP contribution is 2.04. The van der Waals surface area contributed by atoms with Crippen molar-refractivity contribution in [3.8, 4) is 0 Å². The van der Waals surface area contributed by atoms with Gasteiger partial charge in [0.2, 0.25) is 5.78 Å². The van der Waals surface area contributed by atoms with E-state index in [1.54, 1.807) is 0 Å². The van der Waals surface area contributed by atoms with Gasteiger partial charge in [0.1, 0.15) is 12.2 Å². The molecule has 14 heavy (non-hydrogen) atoms. The number of rotatable bonds is 6. The fourth-order valence-electron chi connectivity index (χ4n) is 0.762. The minimum Gasteiger partial charge on any atom is -0.475 e. The number of carboxylic acids is 1. The van der Waals surface area contributed by atoms with Crippen LogP contribution < -0.4 is 0 Å². The highest BCUT2D eigenvalue weighted by atomic mass is 16.4. The van der Waals surface area contributed by atoms with Gasteiger partial charge in [0, 0.05) is 6.42 Å². The average Bonchev–Trinajstić information content (AvgIpc) is 2.14. The van der Waals surface area contributed by atoms with Gasteiger partial charge in [-0.05, 0) is 0 Å². The Labute approximate surface area is 79.2 Å². The van der Waals surface area contributed by atoms with E-state index in [1.165, 1.54) is 0 Å². The van der Waals surface area contributed by atoms with Gasteiger partial charge < -0.3 is 25.5 Å². The van der Waals surface area contributed by atoms with Gasteiger partial charge in [-0.15, -0.1) is 0 Å². The van der Waals surface area contributed by atoms with Crippen molar-refractivity contribution in [1.82, 2.24) is 0 Å². The Balaban J connectivity index is 4.13. The molecule has 0 amide bonds. The minimum absolute atomic E-state index is 0.792. The average molecular weight is 208 g/mol. The molecule has 0 aromatic rings. The summed E-state index contributed by atoms with van der Waals surface area (Å²) >= 11 is 0. The van der Waals surface area contributed by atoms with Gasteiger partial charge >= 0.3 is 5.97 Å². The van der Waals surface area contributed by atoms with Gasteiger partial charge in [-0.2, -0.15) is 0 Å². The van der Waals surface area contributed by atoms with E-state index in [2.05, 4.69) is 0 Å². The lowest BCUT2D eigenvalue weighted by atomic mass is 10.0. The molecule has 0 rings (SSSR count). The number of carbonyl (C=O) groups is 2. The van der Waals surface area contributed by atoms with Crippen LogP contribution in [0.5, 0.6) is 0 Å². The van der Waals surface area contributed by atoms with Gasteiger partial charge in [0.25, 0.3) is 0 Å². The zero-order valence-electron chi connectivity index (χ0n) is 7.20. The molecule has 0 aliphatic heterocycles. The van der Waals surface area contributed by atoms with Crippen molar-refractivity contribution in [2.24, 2.45) is 0 Å². The van der Waals surface area contributed by atoms with Gasteiger partial charge in [0.05, 0.1) is 12.7 Å². The van der Waals surface area contributed by atoms with Crippen molar-refractivity contribution in [3.05, 3.63) is 0 Å². The summed E-state index contributed by atoms with van der Waals surface area (Å²) in [6, 6.07) is 0. The molecule has 0 fully saturated rings. The first-order chi connectivity index (χ1) is 6.40. The van der Waals surface area contributed by atoms with Crippen molar-refractivity contribution < 1.29 is 35.1 Å². The molecule has 7 nitrogen and oxygen atoms in total. The SMILES string of the molecule is O=C(O)C(=O)C[C@@H](O)[C@@H](O)[C@H](O)CO. The first-order valence-corrected chi connectivity index (χ1v) is 3.81. The summed E-state index contributed by atoms with van der Waals surface area (Å²) in [5, 5.41) is 43.4. The summed E-state index contributed by atoms with van der Waals surface area (Å²) in [7, 11) is 0. The molecule has 5 N–H and O–H groups in total. The van der Waals surface area contributed by atoms with Crippen LogP contribution in [0.25, 0.3) is 0 Å². The standard InChI is InChI=1S/C7H12O7/c8-2-5(11)6(12)3(9)1-4(10)7(13)14/h3,5-6,8-9,11-12H,1-2H2,(H,13,14)/t3-,5-,6-/m1/s1. The van der Waals surface area contributed by atoms with Crippen LogP contribution in [0.1, 0.15) is 6.42 Å². The molecule has 0 bridgehead atoms. The molecule has 0 aliphatic carbocycles. The number of Topliss-reactive ketones (excluding diaryl/α,β-unsaturated/α-hetero) is 1. The number of hydrogen-bond acceptors (Lipinski definition) is 6. The van der Waals surface area contributed by atoms with E-state index in [1.807, 2.05) is 0 Å². The van der Waals surface area contributed by atoms with Gasteiger partial charge in [-0.1, -0.05) is 0 Å². The Morgan fingerprint density at radius 1 is 1.07 bits per heavy atom. The van der Waals surface area contributed by atoms with Crippen molar-refractivity contribution in [3.63, 3.8) is 0 Å². The third-order valence-corrected chi connectivity index (χ3v) is 1.61. The molecule has 0 spiro atoms. The number of aliphatic hydroxyl groups excluding tert-OH is 4. The number of ketones is 1. The molecule has 0 unspecified atom stereocenters. The van der Waals surface area contributed by atoms with E-state index in [-0.39, 0.29) is 0 Å². The van der Waals surface area contributed by atoms with Crippen LogP contribution in [-0.2, 0) is 9.59 Å². The second-order valence-electron chi connectivity index (χ2n) is 2.74.